The standard InChI is InChI=1S/C15H10BrNO2.C15H10BrNO.ClO2.Na/c16-14-13(15(18)19)11-8-4-5-9-12(11)17(14)10-6-2-1-3-7-10;16-15-13(10-18)12-8-4-5-9-14(12)17(15)11-6-2-1-3-7-11;2-1-3;/h1-9H,(H,18,19);1-10H;;/q;;-1;+1. The predicted octanol–water partition coefficient (Wildman–Crippen LogP) is 2.92. The van der Waals surface area contributed by atoms with Crippen molar-refractivity contribution in [3.05, 3.63) is 130 Å². The number of aldehydes is 1. The van der Waals surface area contributed by atoms with Crippen LogP contribution >= 0.6 is 31.9 Å². The van der Waals surface area contributed by atoms with E-state index in [1.165, 1.54) is 0 Å². The average Bonchev–Trinajstić information content (AvgIpc) is 3.44. The smallest absolute Gasteiger partial charge is 0.544 e. The average molecular weight is 707 g/mol. The van der Waals surface area contributed by atoms with Crippen LogP contribution in [0.25, 0.3) is 33.2 Å². The Labute approximate surface area is 278 Å². The number of para-hydroxylation sites is 4. The van der Waals surface area contributed by atoms with Crippen molar-refractivity contribution in [2.75, 3.05) is 0 Å². The third-order valence-corrected chi connectivity index (χ3v) is 7.56. The van der Waals surface area contributed by atoms with E-state index in [4.69, 9.17) is 9.32 Å². The molecule has 0 aliphatic heterocycles. The number of carbonyl (C=O) groups is 2. The Morgan fingerprint density at radius 1 is 0.683 bits per heavy atom. The second kappa shape index (κ2) is 15.5. The van der Waals surface area contributed by atoms with E-state index < -0.39 is 17.3 Å². The Kier molecular flexibility index (Phi) is 12.4. The third kappa shape index (κ3) is 7.02. The zero-order chi connectivity index (χ0) is 28.6. The molecule has 0 saturated heterocycles. The first-order chi connectivity index (χ1) is 19.4. The van der Waals surface area contributed by atoms with E-state index >= 15 is 0 Å². The molecule has 0 radical (unpaired) electrons. The van der Waals surface area contributed by atoms with Crippen LogP contribution in [0.15, 0.2) is 118 Å². The molecule has 4 aromatic carbocycles. The van der Waals surface area contributed by atoms with Crippen molar-refractivity contribution in [1.82, 2.24) is 9.13 Å². The quantitative estimate of drug-likeness (QED) is 0.224. The fourth-order valence-corrected chi connectivity index (χ4v) is 5.90. The summed E-state index contributed by atoms with van der Waals surface area (Å²) in [5, 5.41) is 11.1. The molecule has 1 N–H and O–H groups in total. The molecule has 11 heteroatoms. The minimum absolute atomic E-state index is 0. The third-order valence-electron chi connectivity index (χ3n) is 6.03. The number of aromatic carboxylic acids is 1. The van der Waals surface area contributed by atoms with Gasteiger partial charge < -0.3 is 23.6 Å². The largest absolute Gasteiger partial charge is 1.00 e. The van der Waals surface area contributed by atoms with Gasteiger partial charge in [0.1, 0.15) is 9.21 Å². The summed E-state index contributed by atoms with van der Waals surface area (Å²) in [4.78, 5) is 22.7. The first-order valence-electron chi connectivity index (χ1n) is 11.7. The van der Waals surface area contributed by atoms with E-state index in [-0.39, 0.29) is 29.6 Å². The zero-order valence-electron chi connectivity index (χ0n) is 21.6. The van der Waals surface area contributed by atoms with Crippen molar-refractivity contribution in [2.24, 2.45) is 0 Å². The normalized spacial score (nSPS) is 10.1. The zero-order valence-corrected chi connectivity index (χ0v) is 27.5. The molecule has 0 aliphatic carbocycles. The van der Waals surface area contributed by atoms with E-state index in [1.54, 1.807) is 0 Å². The van der Waals surface area contributed by atoms with Gasteiger partial charge in [-0.15, -0.1) is 0 Å². The molecule has 6 rings (SSSR count). The van der Waals surface area contributed by atoms with Crippen molar-refractivity contribution in [3.63, 3.8) is 0 Å². The molecule has 0 aliphatic rings. The number of carboxylic acids is 1. The van der Waals surface area contributed by atoms with Gasteiger partial charge in [0, 0.05) is 22.1 Å². The number of rotatable bonds is 4. The van der Waals surface area contributed by atoms with Crippen LogP contribution < -0.4 is 38.9 Å². The van der Waals surface area contributed by atoms with E-state index in [1.807, 2.05) is 118 Å². The van der Waals surface area contributed by atoms with Crippen molar-refractivity contribution in [1.29, 1.82) is 0 Å². The van der Waals surface area contributed by atoms with E-state index in [0.717, 1.165) is 44.1 Å². The maximum Gasteiger partial charge on any atom is 1.00 e. The van der Waals surface area contributed by atoms with Crippen LogP contribution in [0.2, 0.25) is 0 Å². The van der Waals surface area contributed by atoms with E-state index in [0.29, 0.717) is 15.7 Å². The molecule has 0 fully saturated rings. The number of carbonyl (C=O) groups excluding carboxylic acids is 1. The number of nitrogens with zero attached hydrogens (tertiary/aromatic N) is 2. The summed E-state index contributed by atoms with van der Waals surface area (Å²) in [5.74, 6) is -0.933. The number of hydrogen-bond acceptors (Lipinski definition) is 4. The number of halogens is 3. The predicted molar refractivity (Wildman–Crippen MR) is 154 cm³/mol. The Bertz CT molecular complexity index is 1780. The van der Waals surface area contributed by atoms with Crippen LogP contribution in [0.5, 0.6) is 0 Å². The number of benzene rings is 4. The summed E-state index contributed by atoms with van der Waals surface area (Å²) >= 11 is 6.52. The number of carboxylic acid groups (broad SMARTS) is 1. The molecule has 41 heavy (non-hydrogen) atoms. The SMILES string of the molecule is O=C(O)c1c(Br)n(-c2ccccc2)c2ccccc12.O=Cc1c(Br)n(-c2ccccc2)c2ccccc12.[Na+].[O-][Cl+][O-]. The minimum Gasteiger partial charge on any atom is -0.544 e. The number of fused-ring (bicyclic) bond motifs is 2. The maximum absolute atomic E-state index is 11.4. The van der Waals surface area contributed by atoms with Crippen molar-refractivity contribution < 1.29 is 64.9 Å². The molecular weight excluding hydrogens is 687 g/mol. The van der Waals surface area contributed by atoms with Gasteiger partial charge in [0.15, 0.2) is 6.29 Å². The molecule has 202 valence electrons. The van der Waals surface area contributed by atoms with E-state index in [9.17, 15) is 14.7 Å². The topological polar surface area (TPSA) is 110 Å². The van der Waals surface area contributed by atoms with Crippen molar-refractivity contribution in [2.45, 2.75) is 0 Å². The Morgan fingerprint density at radius 3 is 1.54 bits per heavy atom. The molecule has 0 saturated carbocycles. The van der Waals surface area contributed by atoms with Gasteiger partial charge in [-0.1, -0.05) is 72.8 Å². The van der Waals surface area contributed by atoms with Crippen molar-refractivity contribution in [3.8, 4) is 11.4 Å². The van der Waals surface area contributed by atoms with Crippen LogP contribution in [-0.4, -0.2) is 26.5 Å². The molecule has 0 bridgehead atoms. The first-order valence-corrected chi connectivity index (χ1v) is 13.9. The van der Waals surface area contributed by atoms with Gasteiger partial charge >= 0.3 is 35.5 Å². The maximum atomic E-state index is 11.4. The minimum atomic E-state index is -0.933. The van der Waals surface area contributed by atoms with Crippen LogP contribution in [-0.2, 0) is 0 Å². The molecule has 0 amide bonds. The van der Waals surface area contributed by atoms with Crippen LogP contribution in [0.4, 0.5) is 0 Å². The Hall–Kier alpha value is -2.73. The molecule has 0 spiro atoms. The molecule has 0 atom stereocenters. The fraction of sp³-hybridized carbons (Fsp3) is 0. The molecule has 7 nitrogen and oxygen atoms in total. The summed E-state index contributed by atoms with van der Waals surface area (Å²) in [5.41, 5.74) is 4.84. The van der Waals surface area contributed by atoms with Gasteiger partial charge in [-0.3, -0.25) is 4.79 Å². The molecule has 0 unspecified atom stereocenters. The van der Waals surface area contributed by atoms with Gasteiger partial charge in [0.05, 0.1) is 33.5 Å². The van der Waals surface area contributed by atoms with Gasteiger partial charge in [-0.25, -0.2) is 4.79 Å². The van der Waals surface area contributed by atoms with Gasteiger partial charge in [0.25, 0.3) is 0 Å². The first kappa shape index (κ1) is 32.8. The molecule has 6 aromatic rings. The summed E-state index contributed by atoms with van der Waals surface area (Å²) in [7, 11) is 0. The van der Waals surface area contributed by atoms with Gasteiger partial charge in [-0.05, 0) is 68.3 Å². The van der Waals surface area contributed by atoms with E-state index in [2.05, 4.69) is 31.9 Å². The van der Waals surface area contributed by atoms with Crippen LogP contribution in [0.3, 0.4) is 0 Å². The summed E-state index contributed by atoms with van der Waals surface area (Å²) in [6, 6.07) is 35.0. The van der Waals surface area contributed by atoms with Crippen LogP contribution in [0.1, 0.15) is 20.7 Å². The monoisotopic (exact) mass is 704 g/mol. The van der Waals surface area contributed by atoms with Crippen molar-refractivity contribution >= 4 is 65.9 Å². The number of hydrogen-bond donors (Lipinski definition) is 1. The second-order valence-electron chi connectivity index (χ2n) is 8.23. The number of aromatic nitrogens is 2. The molecule has 2 aromatic heterocycles. The van der Waals surface area contributed by atoms with Gasteiger partial charge in [-0.2, -0.15) is 0 Å². The fourth-order valence-electron chi connectivity index (χ4n) is 4.42. The molecule has 2 heterocycles. The Morgan fingerprint density at radius 2 is 1.07 bits per heavy atom. The molecular formula is C30H20Br2ClN2NaO5. The second-order valence-corrected chi connectivity index (χ2v) is 9.86. The summed E-state index contributed by atoms with van der Waals surface area (Å²) in [6.07, 6.45) is 0.895. The summed E-state index contributed by atoms with van der Waals surface area (Å²) < 4.78 is 21.8. The van der Waals surface area contributed by atoms with Crippen LogP contribution in [0, 0.1) is 11.3 Å². The summed E-state index contributed by atoms with van der Waals surface area (Å²) in [6.45, 7) is 0. The van der Waals surface area contributed by atoms with Gasteiger partial charge in [0.2, 0.25) is 0 Å². The Balaban J connectivity index is 0.000000202.